The number of aryl methyl sites for hydroxylation is 3. The van der Waals surface area contributed by atoms with Crippen LogP contribution in [0.2, 0.25) is 0 Å². The summed E-state index contributed by atoms with van der Waals surface area (Å²) in [5.74, 6) is -0.280. The number of carbonyl (C=O) groups is 2. The topological polar surface area (TPSA) is 77.3 Å². The Kier molecular flexibility index (Phi) is 4.74. The fraction of sp³-hybridized carbons (Fsp3) is 0.556. The third kappa shape index (κ3) is 3.23. The van der Waals surface area contributed by atoms with Crippen LogP contribution in [0.3, 0.4) is 0 Å². The van der Waals surface area contributed by atoms with Crippen LogP contribution in [0.4, 0.5) is 0 Å². The van der Waals surface area contributed by atoms with Gasteiger partial charge < -0.3 is 9.64 Å². The summed E-state index contributed by atoms with van der Waals surface area (Å²) >= 11 is 0. The number of fused-ring (bicyclic) bond motifs is 1. The fourth-order valence-corrected chi connectivity index (χ4v) is 3.49. The Balaban J connectivity index is 1.83. The van der Waals surface area contributed by atoms with E-state index in [1.165, 1.54) is 0 Å². The molecule has 0 atom stereocenters. The molecule has 2 aromatic heterocycles. The molecule has 0 bridgehead atoms. The van der Waals surface area contributed by atoms with Gasteiger partial charge in [-0.1, -0.05) is 0 Å². The van der Waals surface area contributed by atoms with Crippen molar-refractivity contribution in [3.63, 3.8) is 0 Å². The lowest BCUT2D eigenvalue weighted by atomic mass is 9.96. The van der Waals surface area contributed by atoms with Crippen molar-refractivity contribution in [1.29, 1.82) is 0 Å². The molecule has 7 heteroatoms. The minimum Gasteiger partial charge on any atom is -0.466 e. The Morgan fingerprint density at radius 3 is 2.60 bits per heavy atom. The molecule has 3 rings (SSSR count). The zero-order valence-corrected chi connectivity index (χ0v) is 15.2. The van der Waals surface area contributed by atoms with Gasteiger partial charge >= 0.3 is 5.97 Å². The van der Waals surface area contributed by atoms with Gasteiger partial charge in [-0.05, 0) is 39.7 Å². The van der Waals surface area contributed by atoms with E-state index in [1.807, 2.05) is 38.8 Å². The summed E-state index contributed by atoms with van der Waals surface area (Å²) in [5.41, 5.74) is 2.96. The summed E-state index contributed by atoms with van der Waals surface area (Å²) in [7, 11) is 1.83. The maximum atomic E-state index is 13.1. The molecule has 1 aliphatic heterocycles. The smallest absolute Gasteiger partial charge is 0.309 e. The van der Waals surface area contributed by atoms with Gasteiger partial charge in [0.1, 0.15) is 0 Å². The molecule has 0 aliphatic carbocycles. The summed E-state index contributed by atoms with van der Waals surface area (Å²) in [6, 6.07) is 1.83. The van der Waals surface area contributed by atoms with E-state index in [0.29, 0.717) is 38.1 Å². The standard InChI is InChI=1S/C18H24N4O3/c1-5-25-18(24)13-6-8-22(9-7-13)17(23)14-10-11(2)19-16-15(14)12(3)20-21(16)4/h10,13H,5-9H2,1-4H3. The van der Waals surface area contributed by atoms with Crippen LogP contribution in [-0.4, -0.2) is 51.2 Å². The number of esters is 1. The first-order valence-electron chi connectivity index (χ1n) is 8.69. The van der Waals surface area contributed by atoms with Gasteiger partial charge in [-0.3, -0.25) is 14.3 Å². The highest BCUT2D eigenvalue weighted by atomic mass is 16.5. The third-order valence-electron chi connectivity index (χ3n) is 4.73. The predicted octanol–water partition coefficient (Wildman–Crippen LogP) is 2.00. The van der Waals surface area contributed by atoms with Crippen molar-refractivity contribution in [3.05, 3.63) is 23.0 Å². The lowest BCUT2D eigenvalue weighted by Crippen LogP contribution is -2.40. The van der Waals surface area contributed by atoms with E-state index in [1.54, 1.807) is 4.68 Å². The van der Waals surface area contributed by atoms with Crippen LogP contribution in [0.1, 0.15) is 41.5 Å². The van der Waals surface area contributed by atoms with Gasteiger partial charge in [-0.2, -0.15) is 5.10 Å². The van der Waals surface area contributed by atoms with Crippen molar-refractivity contribution in [2.24, 2.45) is 13.0 Å². The number of likely N-dealkylation sites (tertiary alicyclic amines) is 1. The van der Waals surface area contributed by atoms with E-state index in [9.17, 15) is 9.59 Å². The molecule has 25 heavy (non-hydrogen) atoms. The van der Waals surface area contributed by atoms with Gasteiger partial charge in [0.15, 0.2) is 5.65 Å². The quantitative estimate of drug-likeness (QED) is 0.796. The van der Waals surface area contributed by atoms with E-state index in [0.717, 1.165) is 22.4 Å². The lowest BCUT2D eigenvalue weighted by Gasteiger charge is -2.31. The highest BCUT2D eigenvalue weighted by Crippen LogP contribution is 2.25. The summed E-state index contributed by atoms with van der Waals surface area (Å²) < 4.78 is 6.80. The third-order valence-corrected chi connectivity index (χ3v) is 4.73. The number of carbonyl (C=O) groups excluding carboxylic acids is 2. The van der Waals surface area contributed by atoms with E-state index in [4.69, 9.17) is 4.74 Å². The van der Waals surface area contributed by atoms with E-state index < -0.39 is 0 Å². The molecule has 0 N–H and O–H groups in total. The first-order chi connectivity index (χ1) is 11.9. The second-order valence-corrected chi connectivity index (χ2v) is 6.54. The van der Waals surface area contributed by atoms with Crippen molar-refractivity contribution < 1.29 is 14.3 Å². The van der Waals surface area contributed by atoms with Crippen molar-refractivity contribution >= 4 is 22.9 Å². The molecule has 3 heterocycles. The van der Waals surface area contributed by atoms with Crippen LogP contribution in [0.25, 0.3) is 11.0 Å². The van der Waals surface area contributed by atoms with Crippen molar-refractivity contribution in [2.45, 2.75) is 33.6 Å². The largest absolute Gasteiger partial charge is 0.466 e. The predicted molar refractivity (Wildman–Crippen MR) is 93.2 cm³/mol. The number of amides is 1. The highest BCUT2D eigenvalue weighted by molar-refractivity contribution is 6.06. The van der Waals surface area contributed by atoms with Crippen molar-refractivity contribution in [3.8, 4) is 0 Å². The maximum absolute atomic E-state index is 13.1. The van der Waals surface area contributed by atoms with Crippen molar-refractivity contribution in [2.75, 3.05) is 19.7 Å². The SMILES string of the molecule is CCOC(=O)C1CCN(C(=O)c2cc(C)nc3c2c(C)nn3C)CC1. The summed E-state index contributed by atoms with van der Waals surface area (Å²) in [6.45, 7) is 7.10. The van der Waals surface area contributed by atoms with Gasteiger partial charge in [0.05, 0.1) is 29.2 Å². The number of ether oxygens (including phenoxy) is 1. The molecule has 2 aromatic rings. The number of pyridine rings is 1. The zero-order chi connectivity index (χ0) is 18.1. The number of rotatable bonds is 3. The van der Waals surface area contributed by atoms with Gasteiger partial charge in [0.25, 0.3) is 5.91 Å². The molecule has 0 spiro atoms. The number of hydrogen-bond acceptors (Lipinski definition) is 5. The second-order valence-electron chi connectivity index (χ2n) is 6.54. The van der Waals surface area contributed by atoms with Crippen molar-refractivity contribution in [1.82, 2.24) is 19.7 Å². The molecular formula is C18H24N4O3. The Morgan fingerprint density at radius 2 is 1.96 bits per heavy atom. The Hall–Kier alpha value is -2.44. The Morgan fingerprint density at radius 1 is 1.28 bits per heavy atom. The molecule has 1 fully saturated rings. The molecule has 1 saturated heterocycles. The Bertz CT molecular complexity index is 819. The van der Waals surface area contributed by atoms with E-state index in [-0.39, 0.29) is 17.8 Å². The molecule has 134 valence electrons. The minimum absolute atomic E-state index is 0.0195. The maximum Gasteiger partial charge on any atom is 0.309 e. The van der Waals surface area contributed by atoms with Gasteiger partial charge in [-0.25, -0.2) is 4.98 Å². The molecule has 1 amide bonds. The van der Waals surface area contributed by atoms with Gasteiger partial charge in [0, 0.05) is 25.8 Å². The summed E-state index contributed by atoms with van der Waals surface area (Å²) in [4.78, 5) is 31.3. The number of piperidine rings is 1. The molecule has 0 saturated carbocycles. The minimum atomic E-state index is -0.153. The monoisotopic (exact) mass is 344 g/mol. The average molecular weight is 344 g/mol. The normalized spacial score (nSPS) is 15.6. The Labute approximate surface area is 147 Å². The van der Waals surface area contributed by atoms with E-state index >= 15 is 0 Å². The summed E-state index contributed by atoms with van der Waals surface area (Å²) in [5, 5.41) is 5.21. The zero-order valence-electron chi connectivity index (χ0n) is 15.2. The van der Waals surface area contributed by atoms with Crippen LogP contribution in [-0.2, 0) is 16.6 Å². The number of nitrogens with zero attached hydrogens (tertiary/aromatic N) is 4. The number of hydrogen-bond donors (Lipinski definition) is 0. The first kappa shape index (κ1) is 17.4. The van der Waals surface area contributed by atoms with Crippen LogP contribution in [0.5, 0.6) is 0 Å². The average Bonchev–Trinajstić information content (AvgIpc) is 2.88. The van der Waals surface area contributed by atoms with Crippen LogP contribution in [0, 0.1) is 19.8 Å². The number of aromatic nitrogens is 3. The molecule has 1 aliphatic rings. The van der Waals surface area contributed by atoms with Crippen LogP contribution < -0.4 is 0 Å². The highest BCUT2D eigenvalue weighted by Gasteiger charge is 2.30. The molecule has 0 aromatic carbocycles. The van der Waals surface area contributed by atoms with Crippen LogP contribution in [0.15, 0.2) is 6.07 Å². The molecule has 0 radical (unpaired) electrons. The first-order valence-corrected chi connectivity index (χ1v) is 8.69. The van der Waals surface area contributed by atoms with E-state index in [2.05, 4.69) is 10.1 Å². The molecular weight excluding hydrogens is 320 g/mol. The molecule has 0 unspecified atom stereocenters. The fourth-order valence-electron chi connectivity index (χ4n) is 3.49. The van der Waals surface area contributed by atoms with Gasteiger partial charge in [0.2, 0.25) is 0 Å². The van der Waals surface area contributed by atoms with Crippen LogP contribution >= 0.6 is 0 Å². The lowest BCUT2D eigenvalue weighted by molar-refractivity contribution is -0.149. The summed E-state index contributed by atoms with van der Waals surface area (Å²) in [6.07, 6.45) is 1.29. The molecule has 7 nitrogen and oxygen atoms in total. The van der Waals surface area contributed by atoms with Gasteiger partial charge in [-0.15, -0.1) is 0 Å². The second kappa shape index (κ2) is 6.82.